The molecule has 2 aromatic heterocycles. The number of nitrogens with zero attached hydrogens (tertiary/aromatic N) is 5. The fraction of sp³-hybridized carbons (Fsp3) is 0.692. The Kier molecular flexibility index (Phi) is 6.29. The molecule has 0 saturated heterocycles. The predicted octanol–water partition coefficient (Wildman–Crippen LogP) is 0.788. The Bertz CT molecular complexity index is 524. The Labute approximate surface area is 123 Å². The summed E-state index contributed by atoms with van der Waals surface area (Å²) in [5.41, 5.74) is 0.872. The topological polar surface area (TPSA) is 90.9 Å². The Morgan fingerprint density at radius 2 is 2.33 bits per heavy atom. The quantitative estimate of drug-likeness (QED) is 0.648. The number of nitrogens with one attached hydrogen (secondary N) is 1. The molecular formula is C13H22N6O2. The van der Waals surface area contributed by atoms with Gasteiger partial charge in [0.1, 0.15) is 6.54 Å². The average molecular weight is 294 g/mol. The van der Waals surface area contributed by atoms with Crippen molar-refractivity contribution in [3.8, 4) is 0 Å². The maximum Gasteiger partial charge on any atom is 0.248 e. The highest BCUT2D eigenvalue weighted by Crippen LogP contribution is 2.04. The van der Waals surface area contributed by atoms with Crippen molar-refractivity contribution in [3.05, 3.63) is 23.6 Å². The lowest BCUT2D eigenvalue weighted by atomic mass is 10.2. The van der Waals surface area contributed by atoms with E-state index in [2.05, 4.69) is 32.7 Å². The van der Waals surface area contributed by atoms with E-state index in [-0.39, 0.29) is 0 Å². The molecule has 0 atom stereocenters. The van der Waals surface area contributed by atoms with Crippen LogP contribution in [0.25, 0.3) is 0 Å². The number of rotatable bonds is 10. The molecule has 2 aromatic rings. The molecule has 2 heterocycles. The molecular weight excluding hydrogens is 272 g/mol. The van der Waals surface area contributed by atoms with Crippen LogP contribution in [0.15, 0.2) is 10.7 Å². The number of hydrogen-bond donors (Lipinski definition) is 1. The highest BCUT2D eigenvalue weighted by atomic mass is 16.5. The number of ether oxygens (including phenoxy) is 1. The molecule has 0 aliphatic carbocycles. The van der Waals surface area contributed by atoms with Crippen LogP contribution in [-0.2, 0) is 24.2 Å². The molecule has 0 bridgehead atoms. The fourth-order valence-corrected chi connectivity index (χ4v) is 1.82. The molecule has 0 fully saturated rings. The second-order valence-electron chi connectivity index (χ2n) is 4.78. The molecule has 0 spiro atoms. The molecule has 0 saturated carbocycles. The van der Waals surface area contributed by atoms with Gasteiger partial charge in [-0.05, 0) is 6.42 Å². The van der Waals surface area contributed by atoms with Crippen LogP contribution in [0.2, 0.25) is 0 Å². The second-order valence-corrected chi connectivity index (χ2v) is 4.78. The van der Waals surface area contributed by atoms with Gasteiger partial charge in [-0.3, -0.25) is 0 Å². The van der Waals surface area contributed by atoms with Crippen molar-refractivity contribution in [2.24, 2.45) is 0 Å². The van der Waals surface area contributed by atoms with E-state index < -0.39 is 0 Å². The third-order valence-corrected chi connectivity index (χ3v) is 2.94. The van der Waals surface area contributed by atoms with Gasteiger partial charge in [0, 0.05) is 26.6 Å². The Balaban J connectivity index is 1.80. The van der Waals surface area contributed by atoms with Gasteiger partial charge in [0.05, 0.1) is 18.5 Å². The first-order valence-corrected chi connectivity index (χ1v) is 7.22. The summed E-state index contributed by atoms with van der Waals surface area (Å²) in [5, 5.41) is 15.3. The minimum atomic E-state index is 0.449. The van der Waals surface area contributed by atoms with E-state index in [0.717, 1.165) is 37.3 Å². The number of methoxy groups -OCH3 is 1. The summed E-state index contributed by atoms with van der Waals surface area (Å²) in [6, 6.07) is 0. The zero-order valence-corrected chi connectivity index (χ0v) is 12.6. The van der Waals surface area contributed by atoms with Crippen LogP contribution in [-0.4, -0.2) is 45.4 Å². The first-order chi connectivity index (χ1) is 10.3. The molecule has 0 aliphatic rings. The molecule has 21 heavy (non-hydrogen) atoms. The van der Waals surface area contributed by atoms with E-state index in [1.165, 1.54) is 0 Å². The SMILES string of the molecule is CCCCc1noc(Cn2cc(CNCCOC)nn2)n1. The molecule has 0 aliphatic heterocycles. The molecule has 0 aromatic carbocycles. The average Bonchev–Trinajstić information content (AvgIpc) is 3.11. The minimum Gasteiger partial charge on any atom is -0.383 e. The van der Waals surface area contributed by atoms with Gasteiger partial charge in [0.15, 0.2) is 5.82 Å². The summed E-state index contributed by atoms with van der Waals surface area (Å²) < 4.78 is 11.9. The summed E-state index contributed by atoms with van der Waals surface area (Å²) in [6.07, 6.45) is 4.91. The van der Waals surface area contributed by atoms with Crippen LogP contribution >= 0.6 is 0 Å². The summed E-state index contributed by atoms with van der Waals surface area (Å²) in [4.78, 5) is 4.34. The van der Waals surface area contributed by atoms with Gasteiger partial charge in [-0.1, -0.05) is 23.7 Å². The maximum atomic E-state index is 5.21. The van der Waals surface area contributed by atoms with Gasteiger partial charge in [-0.15, -0.1) is 5.10 Å². The van der Waals surface area contributed by atoms with Gasteiger partial charge >= 0.3 is 0 Å². The minimum absolute atomic E-state index is 0.449. The van der Waals surface area contributed by atoms with Crippen molar-refractivity contribution in [2.45, 2.75) is 39.3 Å². The number of hydrogen-bond acceptors (Lipinski definition) is 7. The summed E-state index contributed by atoms with van der Waals surface area (Å²) in [5.74, 6) is 1.32. The highest BCUT2D eigenvalue weighted by Gasteiger charge is 2.08. The van der Waals surface area contributed by atoms with Crippen molar-refractivity contribution in [3.63, 3.8) is 0 Å². The predicted molar refractivity (Wildman–Crippen MR) is 75.6 cm³/mol. The molecule has 116 valence electrons. The Hall–Kier alpha value is -1.80. The van der Waals surface area contributed by atoms with E-state index in [0.29, 0.717) is 25.6 Å². The van der Waals surface area contributed by atoms with Gasteiger partial charge in [-0.2, -0.15) is 4.98 Å². The zero-order chi connectivity index (χ0) is 14.9. The van der Waals surface area contributed by atoms with E-state index in [1.54, 1.807) is 11.8 Å². The molecule has 1 N–H and O–H groups in total. The molecule has 8 heteroatoms. The molecule has 2 rings (SSSR count). The van der Waals surface area contributed by atoms with E-state index in [4.69, 9.17) is 9.26 Å². The zero-order valence-electron chi connectivity index (χ0n) is 12.6. The van der Waals surface area contributed by atoms with Crippen LogP contribution in [0.5, 0.6) is 0 Å². The van der Waals surface area contributed by atoms with Crippen molar-refractivity contribution < 1.29 is 9.26 Å². The normalized spacial score (nSPS) is 11.1. The third kappa shape index (κ3) is 5.24. The van der Waals surface area contributed by atoms with Crippen LogP contribution < -0.4 is 5.32 Å². The Morgan fingerprint density at radius 3 is 3.14 bits per heavy atom. The first-order valence-electron chi connectivity index (χ1n) is 7.22. The maximum absolute atomic E-state index is 5.21. The highest BCUT2D eigenvalue weighted by molar-refractivity contribution is 4.94. The smallest absolute Gasteiger partial charge is 0.248 e. The lowest BCUT2D eigenvalue weighted by Gasteiger charge is -1.99. The summed E-state index contributed by atoms with van der Waals surface area (Å²) in [6.45, 7) is 4.71. The lowest BCUT2D eigenvalue weighted by Crippen LogP contribution is -2.18. The van der Waals surface area contributed by atoms with Crippen molar-refractivity contribution in [1.82, 2.24) is 30.5 Å². The molecule has 0 amide bonds. The number of unbranched alkanes of at least 4 members (excludes halogenated alkanes) is 1. The monoisotopic (exact) mass is 294 g/mol. The van der Waals surface area contributed by atoms with Crippen molar-refractivity contribution in [2.75, 3.05) is 20.3 Å². The van der Waals surface area contributed by atoms with Crippen LogP contribution in [0.4, 0.5) is 0 Å². The van der Waals surface area contributed by atoms with Crippen LogP contribution in [0.3, 0.4) is 0 Å². The van der Waals surface area contributed by atoms with Gasteiger partial charge in [0.25, 0.3) is 0 Å². The number of aryl methyl sites for hydroxylation is 1. The van der Waals surface area contributed by atoms with Gasteiger partial charge in [0.2, 0.25) is 5.89 Å². The second kappa shape index (κ2) is 8.48. The van der Waals surface area contributed by atoms with E-state index in [1.807, 2.05) is 6.20 Å². The summed E-state index contributed by atoms with van der Waals surface area (Å²) in [7, 11) is 1.68. The first kappa shape index (κ1) is 15.6. The third-order valence-electron chi connectivity index (χ3n) is 2.94. The van der Waals surface area contributed by atoms with Crippen molar-refractivity contribution in [1.29, 1.82) is 0 Å². The largest absolute Gasteiger partial charge is 0.383 e. The van der Waals surface area contributed by atoms with Crippen molar-refractivity contribution >= 4 is 0 Å². The van der Waals surface area contributed by atoms with Crippen LogP contribution in [0, 0.1) is 0 Å². The van der Waals surface area contributed by atoms with Crippen LogP contribution in [0.1, 0.15) is 37.2 Å². The molecule has 0 radical (unpaired) electrons. The van der Waals surface area contributed by atoms with E-state index in [9.17, 15) is 0 Å². The standard InChI is InChI=1S/C13H22N6O2/c1-3-4-5-12-15-13(21-17-12)10-19-9-11(16-18-19)8-14-6-7-20-2/h9,14H,3-8,10H2,1-2H3. The van der Waals surface area contributed by atoms with Gasteiger partial charge < -0.3 is 14.6 Å². The number of aromatic nitrogens is 5. The van der Waals surface area contributed by atoms with Gasteiger partial charge in [-0.25, -0.2) is 4.68 Å². The fourth-order valence-electron chi connectivity index (χ4n) is 1.82. The molecule has 8 nitrogen and oxygen atoms in total. The lowest BCUT2D eigenvalue weighted by molar-refractivity contribution is 0.199. The van der Waals surface area contributed by atoms with E-state index >= 15 is 0 Å². The summed E-state index contributed by atoms with van der Waals surface area (Å²) >= 11 is 0. The Morgan fingerprint density at radius 1 is 1.43 bits per heavy atom. The molecule has 0 unspecified atom stereocenters.